The minimum absolute atomic E-state index is 0.670. The first-order chi connectivity index (χ1) is 6.47. The highest BCUT2D eigenvalue weighted by Crippen LogP contribution is 2.49. The summed E-state index contributed by atoms with van der Waals surface area (Å²) in [5, 5.41) is 0. The van der Waals surface area contributed by atoms with E-state index >= 15 is 0 Å². The van der Waals surface area contributed by atoms with Crippen molar-refractivity contribution in [2.75, 3.05) is 13.6 Å². The maximum absolute atomic E-state index is 2.47. The van der Waals surface area contributed by atoms with Gasteiger partial charge >= 0.3 is 0 Å². The molecule has 0 radical (unpaired) electrons. The molecule has 1 nitrogen and oxygen atoms in total. The van der Waals surface area contributed by atoms with Crippen LogP contribution >= 0.6 is 0 Å². The van der Waals surface area contributed by atoms with Gasteiger partial charge in [-0.3, -0.25) is 0 Å². The van der Waals surface area contributed by atoms with E-state index in [0.29, 0.717) is 11.5 Å². The lowest BCUT2D eigenvalue weighted by Gasteiger charge is -2.46. The van der Waals surface area contributed by atoms with Crippen LogP contribution in [0.5, 0.6) is 0 Å². The van der Waals surface area contributed by atoms with Gasteiger partial charge in [-0.05, 0) is 58.0 Å². The molecule has 1 aliphatic rings. The molecule has 14 heavy (non-hydrogen) atoms. The minimum atomic E-state index is 0.670. The fourth-order valence-corrected chi connectivity index (χ4v) is 2.53. The quantitative estimate of drug-likeness (QED) is 0.651. The van der Waals surface area contributed by atoms with Crippen molar-refractivity contribution in [1.29, 1.82) is 0 Å². The van der Waals surface area contributed by atoms with Crippen molar-refractivity contribution in [2.24, 2.45) is 11.3 Å². The van der Waals surface area contributed by atoms with Crippen molar-refractivity contribution in [3.8, 4) is 0 Å². The molecule has 0 aliphatic heterocycles. The van der Waals surface area contributed by atoms with Crippen molar-refractivity contribution in [3.05, 3.63) is 0 Å². The Kier molecular flexibility index (Phi) is 4.00. The van der Waals surface area contributed by atoms with Crippen LogP contribution < -0.4 is 0 Å². The second-order valence-corrected chi connectivity index (χ2v) is 5.82. The van der Waals surface area contributed by atoms with Crippen LogP contribution in [0.4, 0.5) is 0 Å². The highest BCUT2D eigenvalue weighted by atomic mass is 15.1. The molecule has 1 aliphatic carbocycles. The van der Waals surface area contributed by atoms with Crippen molar-refractivity contribution in [3.63, 3.8) is 0 Å². The lowest BCUT2D eigenvalue weighted by Crippen LogP contribution is -2.38. The van der Waals surface area contributed by atoms with Crippen LogP contribution in [0.15, 0.2) is 0 Å². The maximum Gasteiger partial charge on any atom is 0.00355 e. The lowest BCUT2D eigenvalue weighted by molar-refractivity contribution is 0.0496. The van der Waals surface area contributed by atoms with E-state index in [0.717, 1.165) is 5.92 Å². The Hall–Kier alpha value is -0.0400. The topological polar surface area (TPSA) is 3.24 Å². The number of rotatable bonds is 5. The summed E-state index contributed by atoms with van der Waals surface area (Å²) in [7, 11) is 2.24. The zero-order chi connectivity index (χ0) is 10.8. The van der Waals surface area contributed by atoms with Gasteiger partial charge in [0, 0.05) is 6.04 Å². The van der Waals surface area contributed by atoms with Gasteiger partial charge in [-0.1, -0.05) is 20.3 Å². The SMILES string of the molecule is CCC1CC(C)(CCN(C)C(C)C)C1. The molecule has 0 unspecified atom stereocenters. The van der Waals surface area contributed by atoms with Crippen LogP contribution in [0.2, 0.25) is 0 Å². The zero-order valence-corrected chi connectivity index (χ0v) is 10.6. The van der Waals surface area contributed by atoms with Crippen LogP contribution in [0.3, 0.4) is 0 Å². The highest BCUT2D eigenvalue weighted by molar-refractivity contribution is 4.90. The Morgan fingerprint density at radius 3 is 2.36 bits per heavy atom. The van der Waals surface area contributed by atoms with E-state index in [9.17, 15) is 0 Å². The molecule has 0 amide bonds. The van der Waals surface area contributed by atoms with Crippen molar-refractivity contribution in [2.45, 2.75) is 59.4 Å². The van der Waals surface area contributed by atoms with Gasteiger partial charge in [0.15, 0.2) is 0 Å². The Labute approximate surface area is 89.9 Å². The van der Waals surface area contributed by atoms with Crippen LogP contribution in [0.25, 0.3) is 0 Å². The van der Waals surface area contributed by atoms with E-state index < -0.39 is 0 Å². The summed E-state index contributed by atoms with van der Waals surface area (Å²) in [5.74, 6) is 1.03. The molecule has 1 saturated carbocycles. The van der Waals surface area contributed by atoms with Crippen molar-refractivity contribution < 1.29 is 0 Å². The second kappa shape index (κ2) is 4.65. The number of hydrogen-bond donors (Lipinski definition) is 0. The normalized spacial score (nSPS) is 32.4. The third kappa shape index (κ3) is 2.98. The van der Waals surface area contributed by atoms with E-state index in [-0.39, 0.29) is 0 Å². The Morgan fingerprint density at radius 1 is 1.36 bits per heavy atom. The summed E-state index contributed by atoms with van der Waals surface area (Å²) < 4.78 is 0. The van der Waals surface area contributed by atoms with Crippen LogP contribution in [-0.2, 0) is 0 Å². The maximum atomic E-state index is 2.47. The first kappa shape index (κ1) is 12.0. The van der Waals surface area contributed by atoms with Gasteiger partial charge in [0.2, 0.25) is 0 Å². The molecule has 0 atom stereocenters. The molecular formula is C13H27N. The molecule has 1 heteroatoms. The van der Waals surface area contributed by atoms with Crippen molar-refractivity contribution in [1.82, 2.24) is 4.90 Å². The zero-order valence-electron chi connectivity index (χ0n) is 10.6. The summed E-state index contributed by atoms with van der Waals surface area (Å²) in [6.45, 7) is 10.6. The van der Waals surface area contributed by atoms with Gasteiger partial charge in [-0.15, -0.1) is 0 Å². The Morgan fingerprint density at radius 2 is 1.93 bits per heavy atom. The molecule has 0 spiro atoms. The van der Waals surface area contributed by atoms with E-state index in [2.05, 4.69) is 39.6 Å². The average molecular weight is 197 g/mol. The first-order valence-electron chi connectivity index (χ1n) is 6.17. The van der Waals surface area contributed by atoms with Crippen molar-refractivity contribution >= 4 is 0 Å². The number of nitrogens with zero attached hydrogens (tertiary/aromatic N) is 1. The molecule has 0 bridgehead atoms. The minimum Gasteiger partial charge on any atom is -0.304 e. The molecule has 84 valence electrons. The summed E-state index contributed by atoms with van der Waals surface area (Å²) >= 11 is 0. The largest absolute Gasteiger partial charge is 0.304 e. The molecular weight excluding hydrogens is 170 g/mol. The van der Waals surface area contributed by atoms with Gasteiger partial charge in [-0.25, -0.2) is 0 Å². The lowest BCUT2D eigenvalue weighted by atomic mass is 9.61. The molecule has 0 saturated heterocycles. The summed E-state index contributed by atoms with van der Waals surface area (Å²) in [6.07, 6.45) is 5.71. The standard InChI is InChI=1S/C13H27N/c1-6-12-9-13(4,10-12)7-8-14(5)11(2)3/h11-12H,6-10H2,1-5H3. The third-order valence-electron chi connectivity index (χ3n) is 4.09. The summed E-state index contributed by atoms with van der Waals surface area (Å²) in [5.41, 5.74) is 0.670. The Bertz CT molecular complexity index is 168. The Balaban J connectivity index is 2.19. The molecule has 1 rings (SSSR count). The van der Waals surface area contributed by atoms with Gasteiger partial charge in [0.05, 0.1) is 0 Å². The van der Waals surface area contributed by atoms with Gasteiger partial charge in [-0.2, -0.15) is 0 Å². The molecule has 0 aromatic heterocycles. The summed E-state index contributed by atoms with van der Waals surface area (Å²) in [4.78, 5) is 2.46. The van der Waals surface area contributed by atoms with Gasteiger partial charge in [0.1, 0.15) is 0 Å². The molecule has 0 aromatic rings. The van der Waals surface area contributed by atoms with Crippen LogP contribution in [-0.4, -0.2) is 24.5 Å². The van der Waals surface area contributed by atoms with Crippen LogP contribution in [0, 0.1) is 11.3 Å². The molecule has 0 heterocycles. The van der Waals surface area contributed by atoms with E-state index in [1.165, 1.54) is 32.2 Å². The van der Waals surface area contributed by atoms with E-state index in [4.69, 9.17) is 0 Å². The number of hydrogen-bond acceptors (Lipinski definition) is 1. The average Bonchev–Trinajstić information content (AvgIpc) is 2.09. The predicted molar refractivity (Wildman–Crippen MR) is 63.5 cm³/mol. The molecule has 0 aromatic carbocycles. The van der Waals surface area contributed by atoms with Gasteiger partial charge < -0.3 is 4.90 Å². The first-order valence-corrected chi connectivity index (χ1v) is 6.17. The second-order valence-electron chi connectivity index (χ2n) is 5.82. The van der Waals surface area contributed by atoms with E-state index in [1.807, 2.05) is 0 Å². The fourth-order valence-electron chi connectivity index (χ4n) is 2.53. The highest BCUT2D eigenvalue weighted by Gasteiger charge is 2.38. The molecule has 1 fully saturated rings. The van der Waals surface area contributed by atoms with Gasteiger partial charge in [0.25, 0.3) is 0 Å². The van der Waals surface area contributed by atoms with E-state index in [1.54, 1.807) is 0 Å². The smallest absolute Gasteiger partial charge is 0.00355 e. The summed E-state index contributed by atoms with van der Waals surface area (Å²) in [6, 6.07) is 0.695. The molecule has 0 N–H and O–H groups in total. The fraction of sp³-hybridized carbons (Fsp3) is 1.00. The van der Waals surface area contributed by atoms with Crippen LogP contribution in [0.1, 0.15) is 53.4 Å². The monoisotopic (exact) mass is 197 g/mol. The third-order valence-corrected chi connectivity index (χ3v) is 4.09. The predicted octanol–water partition coefficient (Wildman–Crippen LogP) is 3.54.